The van der Waals surface area contributed by atoms with Gasteiger partial charge in [-0.1, -0.05) is 18.2 Å². The summed E-state index contributed by atoms with van der Waals surface area (Å²) < 4.78 is 31.5. The van der Waals surface area contributed by atoms with E-state index in [0.717, 1.165) is 0 Å². The van der Waals surface area contributed by atoms with Crippen LogP contribution in [-0.2, 0) is 19.6 Å². The van der Waals surface area contributed by atoms with E-state index in [0.29, 0.717) is 13.2 Å². The molecule has 1 saturated heterocycles. The van der Waals surface area contributed by atoms with Crippen molar-refractivity contribution >= 4 is 15.9 Å². The predicted molar refractivity (Wildman–Crippen MR) is 75.0 cm³/mol. The first-order valence-corrected chi connectivity index (χ1v) is 8.05. The number of aliphatic hydroxyl groups excluding tert-OH is 1. The molecule has 1 aromatic carbocycles. The monoisotopic (exact) mass is 314 g/mol. The molecule has 2 N–H and O–H groups in total. The van der Waals surface area contributed by atoms with Gasteiger partial charge in [0.25, 0.3) is 0 Å². The van der Waals surface area contributed by atoms with Crippen LogP contribution in [0.5, 0.6) is 0 Å². The van der Waals surface area contributed by atoms with Crippen LogP contribution >= 0.6 is 0 Å². The lowest BCUT2D eigenvalue weighted by Crippen LogP contribution is -2.53. The molecule has 116 valence electrons. The molecule has 1 fully saturated rings. The summed E-state index contributed by atoms with van der Waals surface area (Å²) in [7, 11) is -3.71. The number of morpholine rings is 1. The maximum Gasteiger partial charge on any atom is 0.241 e. The number of sulfonamides is 1. The van der Waals surface area contributed by atoms with Crippen molar-refractivity contribution < 1.29 is 23.1 Å². The van der Waals surface area contributed by atoms with Crippen LogP contribution in [0.1, 0.15) is 0 Å². The molecule has 1 atom stereocenters. The lowest BCUT2D eigenvalue weighted by molar-refractivity contribution is -0.140. The third kappa shape index (κ3) is 4.01. The Balaban J connectivity index is 1.97. The van der Waals surface area contributed by atoms with E-state index in [1.165, 1.54) is 17.0 Å². The predicted octanol–water partition coefficient (Wildman–Crippen LogP) is -0.815. The molecule has 0 aliphatic carbocycles. The lowest BCUT2D eigenvalue weighted by Gasteiger charge is -2.34. The summed E-state index contributed by atoms with van der Waals surface area (Å²) in [5.74, 6) is -0.378. The van der Waals surface area contributed by atoms with Gasteiger partial charge in [-0.25, -0.2) is 13.1 Å². The van der Waals surface area contributed by atoms with Gasteiger partial charge in [0.2, 0.25) is 15.9 Å². The van der Waals surface area contributed by atoms with Crippen molar-refractivity contribution in [2.75, 3.05) is 32.9 Å². The smallest absolute Gasteiger partial charge is 0.241 e. The molecule has 1 aliphatic heterocycles. The molecule has 21 heavy (non-hydrogen) atoms. The molecule has 1 unspecified atom stereocenters. The third-order valence-corrected chi connectivity index (χ3v) is 4.64. The quantitative estimate of drug-likeness (QED) is 0.741. The van der Waals surface area contributed by atoms with E-state index in [2.05, 4.69) is 4.72 Å². The topological polar surface area (TPSA) is 95.9 Å². The summed E-state index contributed by atoms with van der Waals surface area (Å²) in [6.07, 6.45) is 0. The van der Waals surface area contributed by atoms with Gasteiger partial charge >= 0.3 is 0 Å². The molecule has 0 radical (unpaired) electrons. The maximum atomic E-state index is 12.1. The highest BCUT2D eigenvalue weighted by Gasteiger charge is 2.27. The first kappa shape index (κ1) is 15.9. The van der Waals surface area contributed by atoms with Gasteiger partial charge in [0, 0.05) is 6.54 Å². The van der Waals surface area contributed by atoms with Crippen LogP contribution in [0.25, 0.3) is 0 Å². The van der Waals surface area contributed by atoms with Crippen molar-refractivity contribution in [1.82, 2.24) is 9.62 Å². The minimum atomic E-state index is -3.71. The fourth-order valence-corrected chi connectivity index (χ4v) is 3.07. The zero-order valence-electron chi connectivity index (χ0n) is 11.4. The summed E-state index contributed by atoms with van der Waals surface area (Å²) in [5, 5.41) is 9.20. The number of aliphatic hydroxyl groups is 1. The molecule has 2 rings (SSSR count). The fraction of sp³-hybridized carbons (Fsp3) is 0.462. The summed E-state index contributed by atoms with van der Waals surface area (Å²) in [5.41, 5.74) is 0. The largest absolute Gasteiger partial charge is 0.394 e. The van der Waals surface area contributed by atoms with Gasteiger partial charge in [-0.3, -0.25) is 4.79 Å². The second kappa shape index (κ2) is 6.99. The highest BCUT2D eigenvalue weighted by molar-refractivity contribution is 7.89. The van der Waals surface area contributed by atoms with Crippen LogP contribution in [-0.4, -0.2) is 63.3 Å². The molecule has 0 aromatic heterocycles. The lowest BCUT2D eigenvalue weighted by atomic mass is 10.2. The molecule has 1 heterocycles. The van der Waals surface area contributed by atoms with Gasteiger partial charge in [-0.05, 0) is 12.1 Å². The Morgan fingerprint density at radius 3 is 2.76 bits per heavy atom. The Kier molecular flexibility index (Phi) is 5.29. The molecular formula is C13H18N2O5S. The highest BCUT2D eigenvalue weighted by atomic mass is 32.2. The number of carbonyl (C=O) groups is 1. The first-order chi connectivity index (χ1) is 10.0. The standard InChI is InChI=1S/C13H18N2O5S/c16-9-11-10-20-7-6-15(11)13(17)8-14-21(18,19)12-4-2-1-3-5-12/h1-5,11,14,16H,6-10H2. The molecule has 1 aromatic rings. The Morgan fingerprint density at radius 2 is 2.10 bits per heavy atom. The van der Waals surface area contributed by atoms with Gasteiger partial charge in [-0.15, -0.1) is 0 Å². The SMILES string of the molecule is O=C(CNS(=O)(=O)c1ccccc1)N1CCOCC1CO. The van der Waals surface area contributed by atoms with E-state index in [4.69, 9.17) is 4.74 Å². The van der Waals surface area contributed by atoms with Crippen LogP contribution in [0.15, 0.2) is 35.2 Å². The van der Waals surface area contributed by atoms with Crippen molar-refractivity contribution in [2.24, 2.45) is 0 Å². The first-order valence-electron chi connectivity index (χ1n) is 6.57. The van der Waals surface area contributed by atoms with Crippen molar-refractivity contribution in [3.8, 4) is 0 Å². The van der Waals surface area contributed by atoms with E-state index >= 15 is 0 Å². The van der Waals surface area contributed by atoms with Gasteiger partial charge in [0.1, 0.15) is 0 Å². The maximum absolute atomic E-state index is 12.1. The second-order valence-electron chi connectivity index (χ2n) is 4.64. The number of nitrogens with one attached hydrogen (secondary N) is 1. The van der Waals surface area contributed by atoms with Crippen molar-refractivity contribution in [2.45, 2.75) is 10.9 Å². The zero-order chi connectivity index (χ0) is 15.3. The van der Waals surface area contributed by atoms with Gasteiger partial charge in [0.05, 0.1) is 37.3 Å². The number of hydrogen-bond donors (Lipinski definition) is 2. The van der Waals surface area contributed by atoms with E-state index in [1.807, 2.05) is 0 Å². The second-order valence-corrected chi connectivity index (χ2v) is 6.40. The van der Waals surface area contributed by atoms with Crippen LogP contribution in [0.2, 0.25) is 0 Å². The molecule has 0 spiro atoms. The molecule has 1 aliphatic rings. The van der Waals surface area contributed by atoms with Crippen LogP contribution in [0.4, 0.5) is 0 Å². The summed E-state index contributed by atoms with van der Waals surface area (Å²) >= 11 is 0. The number of amides is 1. The molecule has 0 bridgehead atoms. The van der Waals surface area contributed by atoms with E-state index in [-0.39, 0.29) is 30.6 Å². The summed E-state index contributed by atoms with van der Waals surface area (Å²) in [6, 6.07) is 7.42. The summed E-state index contributed by atoms with van der Waals surface area (Å²) in [4.78, 5) is 13.6. The number of carbonyl (C=O) groups excluding carboxylic acids is 1. The molecular weight excluding hydrogens is 296 g/mol. The minimum Gasteiger partial charge on any atom is -0.394 e. The van der Waals surface area contributed by atoms with Crippen molar-refractivity contribution in [3.05, 3.63) is 30.3 Å². The number of benzene rings is 1. The van der Waals surface area contributed by atoms with Crippen LogP contribution < -0.4 is 4.72 Å². The zero-order valence-corrected chi connectivity index (χ0v) is 12.3. The Bertz CT molecular complexity index is 575. The van der Waals surface area contributed by atoms with Gasteiger partial charge < -0.3 is 14.7 Å². The Labute approximate surface area is 123 Å². The van der Waals surface area contributed by atoms with Crippen LogP contribution in [0.3, 0.4) is 0 Å². The average molecular weight is 314 g/mol. The number of nitrogens with zero attached hydrogens (tertiary/aromatic N) is 1. The molecule has 1 amide bonds. The summed E-state index contributed by atoms with van der Waals surface area (Å²) in [6.45, 7) is 0.434. The molecule has 0 saturated carbocycles. The fourth-order valence-electron chi connectivity index (χ4n) is 2.08. The third-order valence-electron chi connectivity index (χ3n) is 3.23. The molecule has 8 heteroatoms. The highest BCUT2D eigenvalue weighted by Crippen LogP contribution is 2.09. The number of rotatable bonds is 5. The Morgan fingerprint density at radius 1 is 1.38 bits per heavy atom. The molecule has 7 nitrogen and oxygen atoms in total. The Hall–Kier alpha value is -1.48. The van der Waals surface area contributed by atoms with E-state index in [1.54, 1.807) is 18.2 Å². The van der Waals surface area contributed by atoms with Crippen molar-refractivity contribution in [3.63, 3.8) is 0 Å². The number of hydrogen-bond acceptors (Lipinski definition) is 5. The number of ether oxygens (including phenoxy) is 1. The normalized spacial score (nSPS) is 19.5. The van der Waals surface area contributed by atoms with E-state index < -0.39 is 16.1 Å². The minimum absolute atomic E-state index is 0.110. The van der Waals surface area contributed by atoms with Crippen molar-refractivity contribution in [1.29, 1.82) is 0 Å². The van der Waals surface area contributed by atoms with Gasteiger partial charge in [0.15, 0.2) is 0 Å². The van der Waals surface area contributed by atoms with E-state index in [9.17, 15) is 18.3 Å². The van der Waals surface area contributed by atoms with Gasteiger partial charge in [-0.2, -0.15) is 0 Å². The van der Waals surface area contributed by atoms with Crippen LogP contribution in [0, 0.1) is 0 Å². The average Bonchev–Trinajstić information content (AvgIpc) is 2.53.